The Morgan fingerprint density at radius 1 is 1.12 bits per heavy atom. The highest BCUT2D eigenvalue weighted by atomic mass is 32.2. The molecule has 7 nitrogen and oxygen atoms in total. The van der Waals surface area contributed by atoms with E-state index in [-0.39, 0.29) is 36.7 Å². The molecule has 0 spiro atoms. The van der Waals surface area contributed by atoms with Gasteiger partial charge in [0.2, 0.25) is 15.9 Å². The first-order valence-corrected chi connectivity index (χ1v) is 12.1. The van der Waals surface area contributed by atoms with Crippen molar-refractivity contribution in [2.75, 3.05) is 27.3 Å². The van der Waals surface area contributed by atoms with Gasteiger partial charge in [-0.2, -0.15) is 0 Å². The zero-order valence-corrected chi connectivity index (χ0v) is 19.3. The number of carbonyl (C=O) groups excluding carboxylic acids is 1. The van der Waals surface area contributed by atoms with Gasteiger partial charge in [-0.05, 0) is 55.7 Å². The molecule has 0 radical (unpaired) electrons. The second-order valence-electron chi connectivity index (χ2n) is 7.89. The highest BCUT2D eigenvalue weighted by Gasteiger charge is 2.32. The highest BCUT2D eigenvalue weighted by molar-refractivity contribution is 7.88. The summed E-state index contributed by atoms with van der Waals surface area (Å²) in [7, 11) is -0.385. The molecule has 0 unspecified atom stereocenters. The van der Waals surface area contributed by atoms with E-state index in [2.05, 4.69) is 5.32 Å². The number of nitrogens with zero attached hydrogens (tertiary/aromatic N) is 1. The van der Waals surface area contributed by atoms with Crippen molar-refractivity contribution in [1.82, 2.24) is 9.62 Å². The molecule has 0 aromatic heterocycles. The largest absolute Gasteiger partial charge is 0.497 e. The van der Waals surface area contributed by atoms with Crippen molar-refractivity contribution in [3.63, 3.8) is 0 Å². The lowest BCUT2D eigenvalue weighted by Gasteiger charge is -2.31. The fourth-order valence-electron chi connectivity index (χ4n) is 3.87. The molecule has 3 rings (SSSR count). The van der Waals surface area contributed by atoms with Crippen LogP contribution in [0.3, 0.4) is 0 Å². The van der Waals surface area contributed by atoms with Gasteiger partial charge in [0.05, 0.1) is 26.0 Å². The van der Waals surface area contributed by atoms with Crippen LogP contribution in [0.25, 0.3) is 0 Å². The molecule has 0 bridgehead atoms. The van der Waals surface area contributed by atoms with E-state index in [0.717, 1.165) is 5.56 Å². The lowest BCUT2D eigenvalue weighted by Crippen LogP contribution is -2.43. The zero-order valence-electron chi connectivity index (χ0n) is 18.5. The molecule has 1 aliphatic rings. The molecule has 9 heteroatoms. The van der Waals surface area contributed by atoms with Crippen molar-refractivity contribution in [3.05, 3.63) is 59.4 Å². The molecule has 1 heterocycles. The summed E-state index contributed by atoms with van der Waals surface area (Å²) in [4.78, 5) is 12.8. The number of methoxy groups -OCH3 is 2. The maximum atomic E-state index is 13.1. The van der Waals surface area contributed by atoms with E-state index in [4.69, 9.17) is 9.47 Å². The third kappa shape index (κ3) is 5.77. The average Bonchev–Trinajstić information content (AvgIpc) is 2.80. The Bertz CT molecular complexity index is 1030. The van der Waals surface area contributed by atoms with E-state index in [1.54, 1.807) is 26.4 Å². The van der Waals surface area contributed by atoms with Crippen LogP contribution in [0.4, 0.5) is 4.39 Å². The first kappa shape index (κ1) is 24.0. The minimum Gasteiger partial charge on any atom is -0.497 e. The molecule has 174 valence electrons. The number of benzene rings is 2. The lowest BCUT2D eigenvalue weighted by atomic mass is 9.96. The third-order valence-corrected chi connectivity index (χ3v) is 7.59. The average molecular weight is 465 g/mol. The molecule has 32 heavy (non-hydrogen) atoms. The summed E-state index contributed by atoms with van der Waals surface area (Å²) in [5, 5.41) is 3.01. The van der Waals surface area contributed by atoms with E-state index < -0.39 is 15.8 Å². The monoisotopic (exact) mass is 464 g/mol. The molecule has 1 N–H and O–H groups in total. The Labute approximate surface area is 188 Å². The summed E-state index contributed by atoms with van der Waals surface area (Å²) >= 11 is 0. The summed E-state index contributed by atoms with van der Waals surface area (Å²) in [5.74, 6) is 0.349. The van der Waals surface area contributed by atoms with Gasteiger partial charge in [-0.1, -0.05) is 12.1 Å². The first-order chi connectivity index (χ1) is 15.2. The molecule has 1 atom stereocenters. The number of rotatable bonds is 8. The van der Waals surface area contributed by atoms with Gasteiger partial charge in [0.1, 0.15) is 17.3 Å². The Morgan fingerprint density at radius 3 is 2.38 bits per heavy atom. The maximum absolute atomic E-state index is 13.1. The van der Waals surface area contributed by atoms with Crippen LogP contribution < -0.4 is 14.8 Å². The predicted molar refractivity (Wildman–Crippen MR) is 119 cm³/mol. The number of amides is 1. The fourth-order valence-corrected chi connectivity index (χ4v) is 5.43. The van der Waals surface area contributed by atoms with Crippen LogP contribution in [-0.4, -0.2) is 45.9 Å². The number of carbonyl (C=O) groups is 1. The minimum atomic E-state index is -3.53. The van der Waals surface area contributed by atoms with E-state index in [0.29, 0.717) is 29.9 Å². The summed E-state index contributed by atoms with van der Waals surface area (Å²) in [6.07, 6.45) is 0.882. The molecular formula is C23H29FN2O5S. The standard InChI is InChI=1S/C23H29FN2O5S/c1-16(21-14-20(30-2)8-9-22(21)31-3)25-23(27)18-10-12-26(13-11-18)32(28,29)15-17-4-6-19(24)7-5-17/h4-9,14,16,18H,10-13,15H2,1-3H3,(H,25,27)/t16-/m1/s1. The van der Waals surface area contributed by atoms with Crippen molar-refractivity contribution in [1.29, 1.82) is 0 Å². The van der Waals surface area contributed by atoms with Crippen LogP contribution in [0.1, 0.15) is 36.9 Å². The second kappa shape index (κ2) is 10.3. The highest BCUT2D eigenvalue weighted by Crippen LogP contribution is 2.30. The van der Waals surface area contributed by atoms with E-state index in [9.17, 15) is 17.6 Å². The Morgan fingerprint density at radius 2 is 1.78 bits per heavy atom. The Kier molecular flexibility index (Phi) is 7.73. The number of sulfonamides is 1. The van der Waals surface area contributed by atoms with Gasteiger partial charge in [-0.25, -0.2) is 17.1 Å². The summed E-state index contributed by atoms with van der Waals surface area (Å²) in [6.45, 7) is 2.43. The van der Waals surface area contributed by atoms with Crippen LogP contribution in [0, 0.1) is 11.7 Å². The van der Waals surface area contributed by atoms with Gasteiger partial charge >= 0.3 is 0 Å². The second-order valence-corrected chi connectivity index (χ2v) is 9.86. The lowest BCUT2D eigenvalue weighted by molar-refractivity contribution is -0.126. The van der Waals surface area contributed by atoms with E-state index in [1.165, 1.54) is 28.6 Å². The van der Waals surface area contributed by atoms with Crippen LogP contribution >= 0.6 is 0 Å². The third-order valence-electron chi connectivity index (χ3n) is 5.74. The number of nitrogens with one attached hydrogen (secondary N) is 1. The van der Waals surface area contributed by atoms with Crippen LogP contribution in [0.5, 0.6) is 11.5 Å². The van der Waals surface area contributed by atoms with E-state index >= 15 is 0 Å². The molecule has 2 aromatic rings. The van der Waals surface area contributed by atoms with Gasteiger partial charge in [-0.3, -0.25) is 4.79 Å². The SMILES string of the molecule is COc1ccc(OC)c([C@@H](C)NC(=O)C2CCN(S(=O)(=O)Cc3ccc(F)cc3)CC2)c1. The molecule has 1 fully saturated rings. The molecule has 0 saturated carbocycles. The van der Waals surface area contributed by atoms with E-state index in [1.807, 2.05) is 13.0 Å². The summed E-state index contributed by atoms with van der Waals surface area (Å²) in [6, 6.07) is 10.6. The molecular weight excluding hydrogens is 435 g/mol. The smallest absolute Gasteiger partial charge is 0.223 e. The van der Waals surface area contributed by atoms with Gasteiger partial charge in [0.15, 0.2) is 0 Å². The number of ether oxygens (including phenoxy) is 2. The van der Waals surface area contributed by atoms with Crippen molar-refractivity contribution in [2.45, 2.75) is 31.6 Å². The Hall–Kier alpha value is -2.65. The Balaban J connectivity index is 1.58. The van der Waals surface area contributed by atoms with Crippen molar-refractivity contribution < 1.29 is 27.1 Å². The maximum Gasteiger partial charge on any atom is 0.223 e. The van der Waals surface area contributed by atoms with Gasteiger partial charge in [0, 0.05) is 24.6 Å². The number of halogens is 1. The number of piperidine rings is 1. The molecule has 1 amide bonds. The van der Waals surface area contributed by atoms with Crippen molar-refractivity contribution in [3.8, 4) is 11.5 Å². The minimum absolute atomic E-state index is 0.113. The van der Waals surface area contributed by atoms with Crippen LogP contribution in [-0.2, 0) is 20.6 Å². The quantitative estimate of drug-likeness (QED) is 0.648. The summed E-state index contributed by atoms with van der Waals surface area (Å²) < 4.78 is 50.6. The van der Waals surface area contributed by atoms with Crippen LogP contribution in [0.15, 0.2) is 42.5 Å². The molecule has 2 aromatic carbocycles. The normalized spacial score (nSPS) is 16.4. The van der Waals surface area contributed by atoms with Crippen LogP contribution in [0.2, 0.25) is 0 Å². The number of hydrogen-bond acceptors (Lipinski definition) is 5. The van der Waals surface area contributed by atoms with Crippen molar-refractivity contribution >= 4 is 15.9 Å². The summed E-state index contributed by atoms with van der Waals surface area (Å²) in [5.41, 5.74) is 1.34. The first-order valence-electron chi connectivity index (χ1n) is 10.5. The van der Waals surface area contributed by atoms with Gasteiger partial charge in [-0.15, -0.1) is 0 Å². The molecule has 1 aliphatic heterocycles. The zero-order chi connectivity index (χ0) is 23.3. The topological polar surface area (TPSA) is 84.9 Å². The molecule has 1 saturated heterocycles. The fraction of sp³-hybridized carbons (Fsp3) is 0.435. The van der Waals surface area contributed by atoms with Crippen molar-refractivity contribution in [2.24, 2.45) is 5.92 Å². The molecule has 0 aliphatic carbocycles. The number of hydrogen-bond donors (Lipinski definition) is 1. The van der Waals surface area contributed by atoms with Gasteiger partial charge < -0.3 is 14.8 Å². The predicted octanol–water partition coefficient (Wildman–Crippen LogP) is 3.26. The van der Waals surface area contributed by atoms with Gasteiger partial charge in [0.25, 0.3) is 0 Å².